The number of imidazole rings is 1. The zero-order chi connectivity index (χ0) is 13.9. The largest absolute Gasteiger partial charge is 0.390 e. The van der Waals surface area contributed by atoms with Crippen LogP contribution in [0, 0.1) is 0 Å². The molecular weight excluding hydrogens is 274 g/mol. The van der Waals surface area contributed by atoms with Crippen LogP contribution in [0.3, 0.4) is 0 Å². The Bertz CT molecular complexity index is 523. The Morgan fingerprint density at radius 2 is 2.50 bits per heavy atom. The molecule has 1 aliphatic rings. The fourth-order valence-electron chi connectivity index (χ4n) is 2.70. The molecule has 6 heteroatoms. The predicted molar refractivity (Wildman–Crippen MR) is 79.3 cm³/mol. The minimum atomic E-state index is -0.487. The standard InChI is InChI=1S/C14H21N3O2S/c1-2-3-16-4-6-19-13(10-16)12(18)8-11-9-17-5-7-20-14(17)15-11/h5,7,9,12-13,18H,2-4,6,8,10H2,1H3. The lowest BCUT2D eigenvalue weighted by molar-refractivity contribution is -0.0879. The minimum Gasteiger partial charge on any atom is -0.390 e. The first kappa shape index (κ1) is 14.0. The van der Waals surface area contributed by atoms with E-state index in [2.05, 4.69) is 16.8 Å². The lowest BCUT2D eigenvalue weighted by atomic mass is 10.1. The molecule has 3 heterocycles. The van der Waals surface area contributed by atoms with Crippen molar-refractivity contribution in [2.24, 2.45) is 0 Å². The van der Waals surface area contributed by atoms with Gasteiger partial charge >= 0.3 is 0 Å². The molecule has 0 spiro atoms. The lowest BCUT2D eigenvalue weighted by Crippen LogP contribution is -2.48. The van der Waals surface area contributed by atoms with Gasteiger partial charge in [0.25, 0.3) is 0 Å². The van der Waals surface area contributed by atoms with Crippen molar-refractivity contribution in [2.45, 2.75) is 32.0 Å². The van der Waals surface area contributed by atoms with Crippen LogP contribution in [-0.4, -0.2) is 57.8 Å². The van der Waals surface area contributed by atoms with E-state index < -0.39 is 6.10 Å². The molecule has 0 radical (unpaired) electrons. The van der Waals surface area contributed by atoms with Crippen molar-refractivity contribution in [3.63, 3.8) is 0 Å². The first-order valence-corrected chi connectivity index (χ1v) is 8.07. The van der Waals surface area contributed by atoms with Gasteiger partial charge in [-0.3, -0.25) is 9.30 Å². The molecule has 1 aliphatic heterocycles. The summed E-state index contributed by atoms with van der Waals surface area (Å²) in [6, 6.07) is 0. The summed E-state index contributed by atoms with van der Waals surface area (Å²) in [6.07, 6.45) is 5.08. The normalized spacial score (nSPS) is 22.4. The molecule has 1 saturated heterocycles. The quantitative estimate of drug-likeness (QED) is 0.906. The number of ether oxygens (including phenoxy) is 1. The number of rotatable bonds is 5. The van der Waals surface area contributed by atoms with Gasteiger partial charge in [0.15, 0.2) is 4.96 Å². The summed E-state index contributed by atoms with van der Waals surface area (Å²) in [7, 11) is 0. The average molecular weight is 295 g/mol. The highest BCUT2D eigenvalue weighted by atomic mass is 32.1. The second kappa shape index (κ2) is 6.22. The number of hydrogen-bond donors (Lipinski definition) is 1. The highest BCUT2D eigenvalue weighted by Gasteiger charge is 2.27. The number of aromatic nitrogens is 2. The number of aliphatic hydroxyl groups is 1. The van der Waals surface area contributed by atoms with Crippen LogP contribution in [0.2, 0.25) is 0 Å². The van der Waals surface area contributed by atoms with E-state index in [0.29, 0.717) is 13.0 Å². The SMILES string of the molecule is CCCN1CCOC(C(O)Cc2cn3ccsc3n2)C1. The summed E-state index contributed by atoms with van der Waals surface area (Å²) in [5.41, 5.74) is 0.931. The average Bonchev–Trinajstić information content (AvgIpc) is 3.00. The van der Waals surface area contributed by atoms with Crippen molar-refractivity contribution >= 4 is 16.3 Å². The fraction of sp³-hybridized carbons (Fsp3) is 0.643. The van der Waals surface area contributed by atoms with E-state index in [1.165, 1.54) is 0 Å². The van der Waals surface area contributed by atoms with Crippen LogP contribution < -0.4 is 0 Å². The van der Waals surface area contributed by atoms with Crippen LogP contribution in [0.1, 0.15) is 19.0 Å². The van der Waals surface area contributed by atoms with Gasteiger partial charge in [-0.15, -0.1) is 11.3 Å². The molecule has 3 rings (SSSR count). The Morgan fingerprint density at radius 1 is 1.60 bits per heavy atom. The summed E-state index contributed by atoms with van der Waals surface area (Å²) in [5.74, 6) is 0. The predicted octanol–water partition coefficient (Wildman–Crippen LogP) is 1.41. The van der Waals surface area contributed by atoms with Crippen molar-refractivity contribution in [1.82, 2.24) is 14.3 Å². The van der Waals surface area contributed by atoms with Gasteiger partial charge in [0.1, 0.15) is 0 Å². The molecule has 0 aliphatic carbocycles. The molecule has 0 aromatic carbocycles. The number of thiazole rings is 1. The second-order valence-electron chi connectivity index (χ2n) is 5.31. The van der Waals surface area contributed by atoms with E-state index in [4.69, 9.17) is 4.74 Å². The monoisotopic (exact) mass is 295 g/mol. The Hall–Kier alpha value is -0.950. The van der Waals surface area contributed by atoms with Crippen LogP contribution in [0.5, 0.6) is 0 Å². The highest BCUT2D eigenvalue weighted by molar-refractivity contribution is 7.15. The first-order chi connectivity index (χ1) is 9.76. The molecule has 110 valence electrons. The van der Waals surface area contributed by atoms with Crippen molar-refractivity contribution in [1.29, 1.82) is 0 Å². The molecule has 5 nitrogen and oxygen atoms in total. The van der Waals surface area contributed by atoms with Crippen LogP contribution in [0.25, 0.3) is 4.96 Å². The molecule has 2 atom stereocenters. The van der Waals surface area contributed by atoms with Gasteiger partial charge in [0.05, 0.1) is 24.5 Å². The Balaban J connectivity index is 1.60. The fourth-order valence-corrected chi connectivity index (χ4v) is 3.42. The van der Waals surface area contributed by atoms with E-state index in [0.717, 1.165) is 36.7 Å². The Labute approximate surface area is 122 Å². The topological polar surface area (TPSA) is 50.0 Å². The van der Waals surface area contributed by atoms with E-state index in [9.17, 15) is 5.11 Å². The summed E-state index contributed by atoms with van der Waals surface area (Å²) in [6.45, 7) is 5.75. The Morgan fingerprint density at radius 3 is 3.30 bits per heavy atom. The molecule has 2 unspecified atom stereocenters. The third kappa shape index (κ3) is 3.03. The number of fused-ring (bicyclic) bond motifs is 1. The summed E-state index contributed by atoms with van der Waals surface area (Å²) in [4.78, 5) is 7.86. The summed E-state index contributed by atoms with van der Waals surface area (Å²) < 4.78 is 7.72. The molecule has 2 aromatic heterocycles. The zero-order valence-electron chi connectivity index (χ0n) is 11.7. The number of aliphatic hydroxyl groups excluding tert-OH is 1. The molecular formula is C14H21N3O2S. The molecule has 20 heavy (non-hydrogen) atoms. The smallest absolute Gasteiger partial charge is 0.193 e. The van der Waals surface area contributed by atoms with Gasteiger partial charge in [-0.05, 0) is 13.0 Å². The maximum atomic E-state index is 10.4. The van der Waals surface area contributed by atoms with E-state index in [1.54, 1.807) is 11.3 Å². The second-order valence-corrected chi connectivity index (χ2v) is 6.18. The molecule has 1 fully saturated rings. The van der Waals surface area contributed by atoms with Crippen molar-refractivity contribution in [3.05, 3.63) is 23.5 Å². The van der Waals surface area contributed by atoms with Gasteiger partial charge in [0, 0.05) is 37.3 Å². The third-order valence-corrected chi connectivity index (χ3v) is 4.48. The van der Waals surface area contributed by atoms with Crippen LogP contribution >= 0.6 is 11.3 Å². The third-order valence-electron chi connectivity index (χ3n) is 3.71. The maximum Gasteiger partial charge on any atom is 0.193 e. The van der Waals surface area contributed by atoms with E-state index in [-0.39, 0.29) is 6.10 Å². The number of nitrogens with zero attached hydrogens (tertiary/aromatic N) is 3. The van der Waals surface area contributed by atoms with E-state index in [1.807, 2.05) is 22.2 Å². The number of hydrogen-bond acceptors (Lipinski definition) is 5. The minimum absolute atomic E-state index is 0.102. The van der Waals surface area contributed by atoms with Crippen molar-refractivity contribution < 1.29 is 9.84 Å². The Kier molecular flexibility index (Phi) is 4.35. The van der Waals surface area contributed by atoms with E-state index >= 15 is 0 Å². The molecule has 2 aromatic rings. The van der Waals surface area contributed by atoms with Gasteiger partial charge in [-0.25, -0.2) is 4.98 Å². The van der Waals surface area contributed by atoms with Gasteiger partial charge < -0.3 is 9.84 Å². The summed E-state index contributed by atoms with van der Waals surface area (Å²) in [5, 5.41) is 12.4. The van der Waals surface area contributed by atoms with Crippen LogP contribution in [0.15, 0.2) is 17.8 Å². The molecule has 0 amide bonds. The molecule has 0 bridgehead atoms. The maximum absolute atomic E-state index is 10.4. The van der Waals surface area contributed by atoms with Crippen molar-refractivity contribution in [3.8, 4) is 0 Å². The highest BCUT2D eigenvalue weighted by Crippen LogP contribution is 2.16. The molecule has 1 N–H and O–H groups in total. The zero-order valence-corrected chi connectivity index (χ0v) is 12.6. The lowest BCUT2D eigenvalue weighted by Gasteiger charge is -2.34. The van der Waals surface area contributed by atoms with Gasteiger partial charge in [0.2, 0.25) is 0 Å². The van der Waals surface area contributed by atoms with Gasteiger partial charge in [-0.2, -0.15) is 0 Å². The van der Waals surface area contributed by atoms with Gasteiger partial charge in [-0.1, -0.05) is 6.92 Å². The summed E-state index contributed by atoms with van der Waals surface area (Å²) >= 11 is 1.61. The number of morpholine rings is 1. The van der Waals surface area contributed by atoms with Crippen molar-refractivity contribution in [2.75, 3.05) is 26.2 Å². The molecule has 0 saturated carbocycles. The van der Waals surface area contributed by atoms with Crippen LogP contribution in [-0.2, 0) is 11.2 Å². The first-order valence-electron chi connectivity index (χ1n) is 7.19. The van der Waals surface area contributed by atoms with Crippen LogP contribution in [0.4, 0.5) is 0 Å².